The van der Waals surface area contributed by atoms with Crippen LogP contribution in [0.15, 0.2) is 0 Å². The second-order valence-corrected chi connectivity index (χ2v) is 5.70. The van der Waals surface area contributed by atoms with Crippen molar-refractivity contribution < 1.29 is 0 Å². The molecule has 1 atom stereocenters. The molecule has 0 amide bonds. The van der Waals surface area contributed by atoms with Crippen molar-refractivity contribution in [1.82, 2.24) is 10.2 Å². The van der Waals surface area contributed by atoms with Gasteiger partial charge in [-0.15, -0.1) is 0 Å². The maximum Gasteiger partial charge on any atom is 0.103 e. The van der Waals surface area contributed by atoms with Crippen molar-refractivity contribution in [1.29, 1.82) is 5.26 Å². The Bertz CT molecular complexity index is 267. The van der Waals surface area contributed by atoms with Crippen LogP contribution in [0.5, 0.6) is 0 Å². The van der Waals surface area contributed by atoms with Crippen molar-refractivity contribution in [2.24, 2.45) is 0 Å². The van der Waals surface area contributed by atoms with Crippen LogP contribution in [0.3, 0.4) is 0 Å². The molecule has 1 aliphatic rings. The van der Waals surface area contributed by atoms with E-state index >= 15 is 0 Å². The topological polar surface area (TPSA) is 39.1 Å². The fourth-order valence-electron chi connectivity index (χ4n) is 2.57. The number of hydrogen-bond donors (Lipinski definition) is 1. The average molecular weight is 251 g/mol. The van der Waals surface area contributed by atoms with Crippen LogP contribution >= 0.6 is 0 Å². The van der Waals surface area contributed by atoms with Gasteiger partial charge >= 0.3 is 0 Å². The number of rotatable bonds is 10. The minimum Gasteiger partial charge on any atom is -0.300 e. The molecule has 0 radical (unpaired) electrons. The number of nitrogens with zero attached hydrogens (tertiary/aromatic N) is 2. The van der Waals surface area contributed by atoms with Gasteiger partial charge in [-0.3, -0.25) is 5.32 Å². The van der Waals surface area contributed by atoms with E-state index in [0.717, 1.165) is 25.4 Å². The molecule has 0 aromatic heterocycles. The van der Waals surface area contributed by atoms with E-state index in [-0.39, 0.29) is 5.54 Å². The molecule has 0 saturated heterocycles. The Balaban J connectivity index is 2.18. The Morgan fingerprint density at radius 2 is 2.00 bits per heavy atom. The van der Waals surface area contributed by atoms with Gasteiger partial charge in [-0.05, 0) is 65.1 Å². The molecule has 0 bridgehead atoms. The van der Waals surface area contributed by atoms with Gasteiger partial charge in [0.2, 0.25) is 0 Å². The third-order valence-corrected chi connectivity index (χ3v) is 3.76. The molecule has 1 rings (SSSR count). The molecule has 0 aromatic rings. The number of nitriles is 1. The number of hydrogen-bond acceptors (Lipinski definition) is 3. The first kappa shape index (κ1) is 15.5. The third kappa shape index (κ3) is 5.37. The Kier molecular flexibility index (Phi) is 6.67. The summed E-state index contributed by atoms with van der Waals surface area (Å²) in [6, 6.07) is 3.28. The van der Waals surface area contributed by atoms with Crippen LogP contribution in [0.2, 0.25) is 0 Å². The van der Waals surface area contributed by atoms with E-state index in [9.17, 15) is 5.26 Å². The highest BCUT2D eigenvalue weighted by molar-refractivity contribution is 5.03. The summed E-state index contributed by atoms with van der Waals surface area (Å²) in [4.78, 5) is 2.64. The largest absolute Gasteiger partial charge is 0.300 e. The van der Waals surface area contributed by atoms with Gasteiger partial charge in [0.05, 0.1) is 6.07 Å². The number of unbranched alkanes of at least 4 members (excludes halogenated alkanes) is 1. The summed E-state index contributed by atoms with van der Waals surface area (Å²) >= 11 is 0. The monoisotopic (exact) mass is 251 g/mol. The molecule has 1 N–H and O–H groups in total. The van der Waals surface area contributed by atoms with Gasteiger partial charge < -0.3 is 4.90 Å². The van der Waals surface area contributed by atoms with E-state index in [4.69, 9.17) is 0 Å². The fourth-order valence-corrected chi connectivity index (χ4v) is 2.57. The molecule has 3 heteroatoms. The van der Waals surface area contributed by atoms with E-state index in [1.54, 1.807) is 0 Å². The molecule has 1 saturated carbocycles. The highest BCUT2D eigenvalue weighted by Gasteiger charge is 2.28. The summed E-state index contributed by atoms with van der Waals surface area (Å²) in [6.07, 6.45) is 7.37. The van der Waals surface area contributed by atoms with E-state index in [2.05, 4.69) is 30.1 Å². The van der Waals surface area contributed by atoms with Crippen LogP contribution in [0.25, 0.3) is 0 Å². The highest BCUT2D eigenvalue weighted by Crippen LogP contribution is 2.27. The zero-order chi connectivity index (χ0) is 13.4. The molecular formula is C15H29N3. The molecule has 0 heterocycles. The first-order valence-electron chi connectivity index (χ1n) is 7.55. The molecule has 0 aromatic carbocycles. The minimum absolute atomic E-state index is 0.329. The summed E-state index contributed by atoms with van der Waals surface area (Å²) in [5.74, 6) is 0. The van der Waals surface area contributed by atoms with Crippen molar-refractivity contribution in [2.75, 3.05) is 19.6 Å². The SMILES string of the molecule is CCCN(CCCCC(C)(C#N)NCC)C1CC1. The zero-order valence-electron chi connectivity index (χ0n) is 12.3. The van der Waals surface area contributed by atoms with Gasteiger partial charge in [0.25, 0.3) is 0 Å². The molecular weight excluding hydrogens is 222 g/mol. The molecule has 0 aliphatic heterocycles. The van der Waals surface area contributed by atoms with Crippen molar-refractivity contribution in [3.63, 3.8) is 0 Å². The van der Waals surface area contributed by atoms with Crippen LogP contribution in [0.1, 0.15) is 59.3 Å². The lowest BCUT2D eigenvalue weighted by molar-refractivity contribution is 0.254. The normalized spacial score (nSPS) is 18.6. The Morgan fingerprint density at radius 3 is 2.50 bits per heavy atom. The standard InChI is InChI=1S/C15H29N3/c1-4-11-18(14-8-9-14)12-7-6-10-15(3,13-16)17-5-2/h14,17H,4-12H2,1-3H3. The third-order valence-electron chi connectivity index (χ3n) is 3.76. The quantitative estimate of drug-likeness (QED) is 0.607. The first-order valence-corrected chi connectivity index (χ1v) is 7.55. The van der Waals surface area contributed by atoms with Gasteiger partial charge in [0, 0.05) is 6.04 Å². The van der Waals surface area contributed by atoms with Crippen molar-refractivity contribution >= 4 is 0 Å². The van der Waals surface area contributed by atoms with Gasteiger partial charge in [-0.25, -0.2) is 0 Å². The maximum atomic E-state index is 9.18. The molecule has 0 spiro atoms. The predicted octanol–water partition coefficient (Wildman–Crippen LogP) is 2.92. The molecule has 1 fully saturated rings. The lowest BCUT2D eigenvalue weighted by Gasteiger charge is -2.24. The van der Waals surface area contributed by atoms with Gasteiger partial charge in [-0.2, -0.15) is 5.26 Å². The lowest BCUT2D eigenvalue weighted by Crippen LogP contribution is -2.40. The van der Waals surface area contributed by atoms with Gasteiger partial charge in [-0.1, -0.05) is 13.8 Å². The van der Waals surface area contributed by atoms with Crippen molar-refractivity contribution in [2.45, 2.75) is 70.9 Å². The summed E-state index contributed by atoms with van der Waals surface area (Å²) in [7, 11) is 0. The van der Waals surface area contributed by atoms with E-state index in [1.165, 1.54) is 38.8 Å². The minimum atomic E-state index is -0.329. The summed E-state index contributed by atoms with van der Waals surface area (Å²) in [5.41, 5.74) is -0.329. The Labute approximate surface area is 113 Å². The molecule has 1 aliphatic carbocycles. The predicted molar refractivity (Wildman–Crippen MR) is 76.4 cm³/mol. The molecule has 1 unspecified atom stereocenters. The highest BCUT2D eigenvalue weighted by atomic mass is 15.2. The van der Waals surface area contributed by atoms with Crippen LogP contribution in [0.4, 0.5) is 0 Å². The summed E-state index contributed by atoms with van der Waals surface area (Å²) < 4.78 is 0. The lowest BCUT2D eigenvalue weighted by atomic mass is 9.96. The van der Waals surface area contributed by atoms with Crippen LogP contribution < -0.4 is 5.32 Å². The van der Waals surface area contributed by atoms with Crippen molar-refractivity contribution in [3.8, 4) is 6.07 Å². The first-order chi connectivity index (χ1) is 8.65. The smallest absolute Gasteiger partial charge is 0.103 e. The van der Waals surface area contributed by atoms with E-state index in [0.29, 0.717) is 0 Å². The summed E-state index contributed by atoms with van der Waals surface area (Å²) in [5, 5.41) is 12.5. The van der Waals surface area contributed by atoms with Crippen LogP contribution in [-0.4, -0.2) is 36.1 Å². The van der Waals surface area contributed by atoms with Crippen LogP contribution in [0, 0.1) is 11.3 Å². The zero-order valence-corrected chi connectivity index (χ0v) is 12.3. The average Bonchev–Trinajstić information content (AvgIpc) is 3.18. The molecule has 3 nitrogen and oxygen atoms in total. The molecule has 104 valence electrons. The fraction of sp³-hybridized carbons (Fsp3) is 0.933. The van der Waals surface area contributed by atoms with Gasteiger partial charge in [0.1, 0.15) is 5.54 Å². The maximum absolute atomic E-state index is 9.18. The van der Waals surface area contributed by atoms with Crippen LogP contribution in [-0.2, 0) is 0 Å². The van der Waals surface area contributed by atoms with Gasteiger partial charge in [0.15, 0.2) is 0 Å². The molecule has 18 heavy (non-hydrogen) atoms. The number of nitrogens with one attached hydrogen (secondary N) is 1. The summed E-state index contributed by atoms with van der Waals surface area (Å²) in [6.45, 7) is 9.66. The van der Waals surface area contributed by atoms with E-state index in [1.807, 2.05) is 6.92 Å². The second kappa shape index (κ2) is 7.76. The van der Waals surface area contributed by atoms with Crippen molar-refractivity contribution in [3.05, 3.63) is 0 Å². The second-order valence-electron chi connectivity index (χ2n) is 5.70. The Hall–Kier alpha value is -0.590. The Morgan fingerprint density at radius 1 is 1.28 bits per heavy atom. The van der Waals surface area contributed by atoms with E-state index < -0.39 is 0 Å².